The zero-order valence-corrected chi connectivity index (χ0v) is 12.4. The highest BCUT2D eigenvalue weighted by Crippen LogP contribution is 2.09. The van der Waals surface area contributed by atoms with Gasteiger partial charge in [-0.15, -0.1) is 12.4 Å². The van der Waals surface area contributed by atoms with Crippen molar-refractivity contribution in [3.05, 3.63) is 29.8 Å². The number of halogens is 1. The van der Waals surface area contributed by atoms with E-state index in [1.807, 2.05) is 0 Å². The third kappa shape index (κ3) is 5.15. The predicted octanol–water partition coefficient (Wildman–Crippen LogP) is -0.0343. The molecular weight excluding hydrogens is 290 g/mol. The summed E-state index contributed by atoms with van der Waals surface area (Å²) in [6.45, 7) is 1.20. The van der Waals surface area contributed by atoms with Gasteiger partial charge in [0, 0.05) is 18.7 Å². The number of carbonyl (C=O) groups excluding carboxylic acids is 1. The van der Waals surface area contributed by atoms with Crippen LogP contribution in [0.3, 0.4) is 0 Å². The van der Waals surface area contributed by atoms with Crippen LogP contribution in [0.25, 0.3) is 0 Å². The largest absolute Gasteiger partial charge is 0.351 e. The van der Waals surface area contributed by atoms with Gasteiger partial charge in [0.15, 0.2) is 0 Å². The average molecular weight is 308 g/mol. The molecule has 0 spiro atoms. The topological polar surface area (TPSA) is 87.3 Å². The lowest BCUT2D eigenvalue weighted by Crippen LogP contribution is -2.30. The van der Waals surface area contributed by atoms with Gasteiger partial charge >= 0.3 is 0 Å². The van der Waals surface area contributed by atoms with Crippen LogP contribution in [0, 0.1) is 0 Å². The Bertz CT molecular complexity index is 502. The zero-order chi connectivity index (χ0) is 13.6. The molecule has 0 aliphatic carbocycles. The number of amides is 1. The lowest BCUT2D eigenvalue weighted by molar-refractivity contribution is 0.0954. The molecular formula is C11H18ClN3O3S. The van der Waals surface area contributed by atoms with Gasteiger partial charge in [-0.25, -0.2) is 13.1 Å². The molecule has 108 valence electrons. The van der Waals surface area contributed by atoms with E-state index in [-0.39, 0.29) is 23.2 Å². The summed E-state index contributed by atoms with van der Waals surface area (Å²) < 4.78 is 25.2. The second kappa shape index (κ2) is 8.11. The fourth-order valence-corrected chi connectivity index (χ4v) is 2.04. The molecule has 0 fully saturated rings. The van der Waals surface area contributed by atoms with Gasteiger partial charge in [-0.3, -0.25) is 4.79 Å². The Morgan fingerprint density at radius 2 is 1.68 bits per heavy atom. The molecule has 8 heteroatoms. The third-order valence-corrected chi connectivity index (χ3v) is 3.79. The van der Waals surface area contributed by atoms with Gasteiger partial charge in [-0.2, -0.15) is 0 Å². The molecule has 19 heavy (non-hydrogen) atoms. The van der Waals surface area contributed by atoms with Gasteiger partial charge in [0.25, 0.3) is 5.91 Å². The van der Waals surface area contributed by atoms with Gasteiger partial charge in [0.2, 0.25) is 10.0 Å². The second-order valence-electron chi connectivity index (χ2n) is 3.59. The van der Waals surface area contributed by atoms with Gasteiger partial charge in [-0.1, -0.05) is 0 Å². The molecule has 0 radical (unpaired) electrons. The smallest absolute Gasteiger partial charge is 0.251 e. The van der Waals surface area contributed by atoms with Crippen LogP contribution in [0.5, 0.6) is 0 Å². The minimum atomic E-state index is -3.45. The van der Waals surface area contributed by atoms with Crippen LogP contribution in [0.1, 0.15) is 10.4 Å². The first kappa shape index (κ1) is 17.8. The fourth-order valence-electron chi connectivity index (χ4n) is 1.31. The monoisotopic (exact) mass is 307 g/mol. The van der Waals surface area contributed by atoms with E-state index in [9.17, 15) is 13.2 Å². The van der Waals surface area contributed by atoms with Crippen LogP contribution >= 0.6 is 12.4 Å². The van der Waals surface area contributed by atoms with Crippen LogP contribution in [0.4, 0.5) is 0 Å². The summed E-state index contributed by atoms with van der Waals surface area (Å²) >= 11 is 0. The number of sulfonamides is 1. The molecule has 0 heterocycles. The molecule has 1 amide bonds. The van der Waals surface area contributed by atoms with E-state index in [4.69, 9.17) is 0 Å². The Labute approximate surface area is 119 Å². The summed E-state index contributed by atoms with van der Waals surface area (Å²) in [5, 5.41) is 5.61. The molecule has 0 saturated heterocycles. The lowest BCUT2D eigenvalue weighted by Gasteiger charge is -2.06. The first-order valence-electron chi connectivity index (χ1n) is 5.47. The van der Waals surface area contributed by atoms with Crippen molar-refractivity contribution in [3.63, 3.8) is 0 Å². The normalized spacial score (nSPS) is 10.6. The molecule has 1 aromatic carbocycles. The maximum atomic E-state index is 11.6. The maximum absolute atomic E-state index is 11.6. The SMILES string of the molecule is CNCCNC(=O)c1ccc(S(=O)(=O)NC)cc1.Cl. The first-order valence-corrected chi connectivity index (χ1v) is 6.96. The van der Waals surface area contributed by atoms with Crippen LogP contribution in [-0.4, -0.2) is 41.5 Å². The van der Waals surface area contributed by atoms with E-state index in [0.717, 1.165) is 0 Å². The highest BCUT2D eigenvalue weighted by Gasteiger charge is 2.12. The zero-order valence-electron chi connectivity index (χ0n) is 10.8. The fraction of sp³-hybridized carbons (Fsp3) is 0.364. The minimum Gasteiger partial charge on any atom is -0.351 e. The number of likely N-dealkylation sites (N-methyl/N-ethyl adjacent to an activating group) is 1. The van der Waals surface area contributed by atoms with E-state index in [1.54, 1.807) is 7.05 Å². The average Bonchev–Trinajstić information content (AvgIpc) is 2.39. The van der Waals surface area contributed by atoms with Gasteiger partial charge in [-0.05, 0) is 38.4 Å². The van der Waals surface area contributed by atoms with Crippen molar-refractivity contribution < 1.29 is 13.2 Å². The summed E-state index contributed by atoms with van der Waals surface area (Å²) in [6, 6.07) is 5.77. The number of nitrogens with one attached hydrogen (secondary N) is 3. The second-order valence-corrected chi connectivity index (χ2v) is 5.48. The summed E-state index contributed by atoms with van der Waals surface area (Å²) in [5.41, 5.74) is 0.432. The number of hydrogen-bond acceptors (Lipinski definition) is 4. The van der Waals surface area contributed by atoms with E-state index in [1.165, 1.54) is 31.3 Å². The number of hydrogen-bond donors (Lipinski definition) is 3. The molecule has 0 unspecified atom stereocenters. The predicted molar refractivity (Wildman–Crippen MR) is 76.2 cm³/mol. The van der Waals surface area contributed by atoms with Gasteiger partial charge in [0.05, 0.1) is 4.90 Å². The molecule has 6 nitrogen and oxygen atoms in total. The van der Waals surface area contributed by atoms with Crippen LogP contribution in [0.2, 0.25) is 0 Å². The number of benzene rings is 1. The standard InChI is InChI=1S/C11H17N3O3S.ClH/c1-12-7-8-14-11(15)9-3-5-10(6-4-9)18(16,17)13-2;/h3-6,12-13H,7-8H2,1-2H3,(H,14,15);1H. The molecule has 0 bridgehead atoms. The highest BCUT2D eigenvalue weighted by atomic mass is 35.5. The van der Waals surface area contributed by atoms with Crippen molar-refractivity contribution in [3.8, 4) is 0 Å². The first-order chi connectivity index (χ1) is 8.51. The Balaban J connectivity index is 0.00000324. The number of carbonyl (C=O) groups is 1. The van der Waals surface area contributed by atoms with Crippen LogP contribution < -0.4 is 15.4 Å². The molecule has 1 aromatic rings. The van der Waals surface area contributed by atoms with Crippen molar-refractivity contribution in [2.24, 2.45) is 0 Å². The summed E-state index contributed by atoms with van der Waals surface area (Å²) in [4.78, 5) is 11.8. The van der Waals surface area contributed by atoms with E-state index in [2.05, 4.69) is 15.4 Å². The van der Waals surface area contributed by atoms with E-state index < -0.39 is 10.0 Å². The molecule has 0 aromatic heterocycles. The Kier molecular flexibility index (Phi) is 7.62. The number of rotatable bonds is 6. The van der Waals surface area contributed by atoms with Gasteiger partial charge < -0.3 is 10.6 Å². The summed E-state index contributed by atoms with van der Waals surface area (Å²) in [5.74, 6) is -0.223. The van der Waals surface area contributed by atoms with Crippen molar-refractivity contribution in [1.82, 2.24) is 15.4 Å². The van der Waals surface area contributed by atoms with E-state index in [0.29, 0.717) is 18.7 Å². The van der Waals surface area contributed by atoms with E-state index >= 15 is 0 Å². The van der Waals surface area contributed by atoms with Crippen molar-refractivity contribution in [2.75, 3.05) is 27.2 Å². The quantitative estimate of drug-likeness (QED) is 0.644. The molecule has 1 rings (SSSR count). The molecule has 0 aliphatic heterocycles. The van der Waals surface area contributed by atoms with Crippen molar-refractivity contribution in [1.29, 1.82) is 0 Å². The molecule has 0 atom stereocenters. The molecule has 3 N–H and O–H groups in total. The Morgan fingerprint density at radius 3 is 2.16 bits per heavy atom. The third-order valence-electron chi connectivity index (χ3n) is 2.36. The minimum absolute atomic E-state index is 0. The van der Waals surface area contributed by atoms with Gasteiger partial charge in [0.1, 0.15) is 0 Å². The summed E-state index contributed by atoms with van der Waals surface area (Å²) in [7, 11) is -0.317. The van der Waals surface area contributed by atoms with Crippen LogP contribution in [0.15, 0.2) is 29.2 Å². The van der Waals surface area contributed by atoms with Crippen LogP contribution in [-0.2, 0) is 10.0 Å². The van der Waals surface area contributed by atoms with Crippen molar-refractivity contribution in [2.45, 2.75) is 4.90 Å². The van der Waals surface area contributed by atoms with Crippen molar-refractivity contribution >= 4 is 28.3 Å². The lowest BCUT2D eigenvalue weighted by atomic mass is 10.2. The Morgan fingerprint density at radius 1 is 1.11 bits per heavy atom. The molecule has 0 aliphatic rings. The summed E-state index contributed by atoms with van der Waals surface area (Å²) in [6.07, 6.45) is 0. The maximum Gasteiger partial charge on any atom is 0.251 e. The Hall–Kier alpha value is -1.15. The highest BCUT2D eigenvalue weighted by molar-refractivity contribution is 7.89. The molecule has 0 saturated carbocycles.